The number of nitrogens with zero attached hydrogens (tertiary/aromatic N) is 1. The highest BCUT2D eigenvalue weighted by Gasteiger charge is 2.13. The van der Waals surface area contributed by atoms with Crippen LogP contribution < -0.4 is 4.87 Å². The van der Waals surface area contributed by atoms with Crippen molar-refractivity contribution in [1.29, 1.82) is 0 Å². The lowest BCUT2D eigenvalue weighted by atomic mass is 10.0. The Balaban J connectivity index is 1.43. The molecule has 0 spiro atoms. The van der Waals surface area contributed by atoms with E-state index >= 15 is 0 Å². The Bertz CT molecular complexity index is 1320. The van der Waals surface area contributed by atoms with Crippen LogP contribution in [0.15, 0.2) is 77.6 Å². The van der Waals surface area contributed by atoms with Crippen molar-refractivity contribution in [2.24, 2.45) is 0 Å². The molecule has 1 amide bonds. The van der Waals surface area contributed by atoms with Gasteiger partial charge in [0.2, 0.25) is 5.88 Å². The second-order valence-corrected chi connectivity index (χ2v) is 9.54. The molecule has 34 heavy (non-hydrogen) atoms. The summed E-state index contributed by atoms with van der Waals surface area (Å²) in [4.78, 5) is 28.8. The summed E-state index contributed by atoms with van der Waals surface area (Å²) < 4.78 is 0. The highest BCUT2D eigenvalue weighted by atomic mass is 32.1. The molecule has 3 aromatic carbocycles. The van der Waals surface area contributed by atoms with Crippen molar-refractivity contribution < 1.29 is 9.90 Å². The fraction of sp³-hybridized carbons (Fsp3) is 0.214. The molecule has 2 N–H and O–H groups in total. The van der Waals surface area contributed by atoms with E-state index in [9.17, 15) is 14.7 Å². The number of thiazole rings is 1. The molecule has 0 saturated carbocycles. The zero-order valence-corrected chi connectivity index (χ0v) is 20.2. The predicted octanol–water partition coefficient (Wildman–Crippen LogP) is 5.62. The molecule has 0 atom stereocenters. The third kappa shape index (κ3) is 5.64. The fourth-order valence-electron chi connectivity index (χ4n) is 3.99. The van der Waals surface area contributed by atoms with Crippen molar-refractivity contribution >= 4 is 17.2 Å². The molecule has 0 radical (unpaired) electrons. The summed E-state index contributed by atoms with van der Waals surface area (Å²) in [7, 11) is 1.83. The van der Waals surface area contributed by atoms with Crippen LogP contribution in [-0.2, 0) is 19.4 Å². The number of aromatic amines is 1. The zero-order valence-electron chi connectivity index (χ0n) is 19.4. The van der Waals surface area contributed by atoms with Gasteiger partial charge in [0, 0.05) is 25.6 Å². The van der Waals surface area contributed by atoms with E-state index < -0.39 is 0 Å². The first kappa shape index (κ1) is 23.5. The van der Waals surface area contributed by atoms with Crippen molar-refractivity contribution in [1.82, 2.24) is 9.88 Å². The number of aromatic hydroxyl groups is 1. The van der Waals surface area contributed by atoms with Crippen molar-refractivity contribution in [3.8, 4) is 17.0 Å². The molecule has 0 aliphatic heterocycles. The van der Waals surface area contributed by atoms with Gasteiger partial charge in [0.1, 0.15) is 0 Å². The number of hydrogen-bond acceptors (Lipinski definition) is 4. The standard InChI is InChI=1S/C28H28N2O3S/c1-3-5-19-8-14-23(15-9-19)27(32)30(2)18-21-6-4-7-24(16-21)22-12-10-20(11-13-22)17-25-26(31)29-28(33)34-25/h4,6-16,31H,3,5,17-18H2,1-2H3,(H,29,33). The number of hydrogen-bond donors (Lipinski definition) is 2. The average molecular weight is 473 g/mol. The summed E-state index contributed by atoms with van der Waals surface area (Å²) in [5.74, 6) is -0.0459. The number of aromatic nitrogens is 1. The summed E-state index contributed by atoms with van der Waals surface area (Å²) >= 11 is 1.03. The molecule has 1 heterocycles. The summed E-state index contributed by atoms with van der Waals surface area (Å²) in [5, 5.41) is 9.80. The molecule has 0 bridgehead atoms. The van der Waals surface area contributed by atoms with Crippen LogP contribution in [0.4, 0.5) is 0 Å². The lowest BCUT2D eigenvalue weighted by Gasteiger charge is -2.18. The van der Waals surface area contributed by atoms with Gasteiger partial charge in [-0.05, 0) is 52.4 Å². The molecule has 1 aromatic heterocycles. The minimum atomic E-state index is -0.252. The summed E-state index contributed by atoms with van der Waals surface area (Å²) in [5.41, 5.74) is 6.16. The number of carbonyl (C=O) groups excluding carboxylic acids is 1. The zero-order chi connectivity index (χ0) is 24.1. The van der Waals surface area contributed by atoms with Crippen molar-refractivity contribution in [3.63, 3.8) is 0 Å². The highest BCUT2D eigenvalue weighted by Crippen LogP contribution is 2.25. The van der Waals surface area contributed by atoms with Gasteiger partial charge in [-0.1, -0.05) is 79.3 Å². The van der Waals surface area contributed by atoms with Crippen LogP contribution in [-0.4, -0.2) is 27.9 Å². The van der Waals surface area contributed by atoms with E-state index in [2.05, 4.69) is 24.0 Å². The third-order valence-corrected chi connectivity index (χ3v) is 6.66. The molecule has 5 nitrogen and oxygen atoms in total. The monoisotopic (exact) mass is 472 g/mol. The molecular weight excluding hydrogens is 444 g/mol. The van der Waals surface area contributed by atoms with E-state index in [0.29, 0.717) is 23.4 Å². The van der Waals surface area contributed by atoms with Gasteiger partial charge >= 0.3 is 4.87 Å². The molecule has 0 fully saturated rings. The number of benzene rings is 3. The fourth-order valence-corrected chi connectivity index (χ4v) is 4.75. The molecule has 0 aliphatic carbocycles. The Hall–Kier alpha value is -3.64. The number of carbonyl (C=O) groups is 1. The lowest BCUT2D eigenvalue weighted by molar-refractivity contribution is 0.0785. The van der Waals surface area contributed by atoms with Crippen LogP contribution in [0.1, 0.15) is 45.3 Å². The van der Waals surface area contributed by atoms with Gasteiger partial charge in [0.15, 0.2) is 0 Å². The Labute approximate surface area is 203 Å². The first-order valence-electron chi connectivity index (χ1n) is 11.4. The van der Waals surface area contributed by atoms with Crippen molar-refractivity contribution in [2.45, 2.75) is 32.7 Å². The highest BCUT2D eigenvalue weighted by molar-refractivity contribution is 7.09. The maximum Gasteiger partial charge on any atom is 0.307 e. The smallest absolute Gasteiger partial charge is 0.307 e. The summed E-state index contributed by atoms with van der Waals surface area (Å²) in [6.45, 7) is 2.67. The van der Waals surface area contributed by atoms with E-state index in [1.54, 1.807) is 4.90 Å². The molecule has 0 saturated heterocycles. The molecule has 4 rings (SSSR count). The number of amides is 1. The van der Waals surface area contributed by atoms with E-state index in [0.717, 1.165) is 46.4 Å². The molecule has 4 aromatic rings. The van der Waals surface area contributed by atoms with Gasteiger partial charge in [-0.15, -0.1) is 0 Å². The third-order valence-electron chi connectivity index (χ3n) is 5.79. The van der Waals surface area contributed by atoms with E-state index in [4.69, 9.17) is 0 Å². The van der Waals surface area contributed by atoms with Gasteiger partial charge in [0.25, 0.3) is 5.91 Å². The minimum absolute atomic E-state index is 0.00751. The van der Waals surface area contributed by atoms with Crippen LogP contribution in [0.5, 0.6) is 5.88 Å². The molecular formula is C28H28N2O3S. The molecule has 0 aliphatic rings. The average Bonchev–Trinajstić information content (AvgIpc) is 3.16. The summed E-state index contributed by atoms with van der Waals surface area (Å²) in [6, 6.07) is 24.2. The maximum atomic E-state index is 12.9. The molecule has 6 heteroatoms. The SMILES string of the molecule is CCCc1ccc(C(=O)N(C)Cc2cccc(-c3ccc(Cc4sc(=O)[nH]c4O)cc3)c2)cc1. The maximum absolute atomic E-state index is 12.9. The normalized spacial score (nSPS) is 10.9. The minimum Gasteiger partial charge on any atom is -0.494 e. The van der Waals surface area contributed by atoms with Crippen molar-refractivity contribution in [3.05, 3.63) is 110 Å². The first-order chi connectivity index (χ1) is 16.4. The van der Waals surface area contributed by atoms with E-state index in [1.807, 2.05) is 67.7 Å². The largest absolute Gasteiger partial charge is 0.494 e. The van der Waals surface area contributed by atoms with Crippen LogP contribution in [0.25, 0.3) is 11.1 Å². The first-order valence-corrected chi connectivity index (χ1v) is 12.2. The molecule has 0 unspecified atom stereocenters. The lowest BCUT2D eigenvalue weighted by Crippen LogP contribution is -2.26. The number of rotatable bonds is 8. The van der Waals surface area contributed by atoms with Crippen LogP contribution >= 0.6 is 11.3 Å². The van der Waals surface area contributed by atoms with Gasteiger partial charge in [-0.3, -0.25) is 14.6 Å². The Morgan fingerprint density at radius 2 is 1.65 bits per heavy atom. The number of H-pyrrole nitrogens is 1. The second kappa shape index (κ2) is 10.5. The predicted molar refractivity (Wildman–Crippen MR) is 138 cm³/mol. The van der Waals surface area contributed by atoms with Gasteiger partial charge < -0.3 is 10.0 Å². The topological polar surface area (TPSA) is 73.4 Å². The van der Waals surface area contributed by atoms with Crippen LogP contribution in [0.2, 0.25) is 0 Å². The Morgan fingerprint density at radius 1 is 0.941 bits per heavy atom. The van der Waals surface area contributed by atoms with Gasteiger partial charge in [-0.2, -0.15) is 0 Å². The summed E-state index contributed by atoms with van der Waals surface area (Å²) in [6.07, 6.45) is 2.61. The quantitative estimate of drug-likeness (QED) is 0.349. The van der Waals surface area contributed by atoms with Crippen molar-refractivity contribution in [2.75, 3.05) is 7.05 Å². The Morgan fingerprint density at radius 3 is 2.29 bits per heavy atom. The number of aryl methyl sites for hydroxylation is 1. The molecule has 174 valence electrons. The van der Waals surface area contributed by atoms with E-state index in [-0.39, 0.29) is 16.7 Å². The van der Waals surface area contributed by atoms with Gasteiger partial charge in [-0.25, -0.2) is 0 Å². The number of nitrogens with one attached hydrogen (secondary N) is 1. The van der Waals surface area contributed by atoms with Gasteiger partial charge in [0.05, 0.1) is 4.88 Å². The van der Waals surface area contributed by atoms with E-state index in [1.165, 1.54) is 5.56 Å². The van der Waals surface area contributed by atoms with Crippen LogP contribution in [0.3, 0.4) is 0 Å². The Kier molecular flexibility index (Phi) is 7.28. The van der Waals surface area contributed by atoms with Crippen LogP contribution in [0, 0.1) is 0 Å². The second-order valence-electron chi connectivity index (χ2n) is 8.47.